The van der Waals surface area contributed by atoms with Gasteiger partial charge in [-0.1, -0.05) is 36.7 Å². The first kappa shape index (κ1) is 20.2. The minimum atomic E-state index is -0.559. The third-order valence-electron chi connectivity index (χ3n) is 5.02. The zero-order chi connectivity index (χ0) is 21.6. The minimum Gasteiger partial charge on any atom is -0.434 e. The third-order valence-corrected chi connectivity index (χ3v) is 5.59. The van der Waals surface area contributed by atoms with E-state index in [-0.39, 0.29) is 50.4 Å². The van der Waals surface area contributed by atoms with Crippen molar-refractivity contribution < 1.29 is 9.53 Å². The number of H-pyrrole nitrogens is 1. The van der Waals surface area contributed by atoms with Crippen molar-refractivity contribution in [3.63, 3.8) is 0 Å². The van der Waals surface area contributed by atoms with Crippen LogP contribution in [0.2, 0.25) is 10.0 Å². The van der Waals surface area contributed by atoms with Crippen molar-refractivity contribution in [2.45, 2.75) is 25.7 Å². The van der Waals surface area contributed by atoms with Crippen molar-refractivity contribution in [3.05, 3.63) is 56.4 Å². The number of hydrazone groups is 1. The Balaban J connectivity index is 1.62. The summed E-state index contributed by atoms with van der Waals surface area (Å²) in [5.74, 6) is 1.11. The van der Waals surface area contributed by atoms with Gasteiger partial charge in [0.1, 0.15) is 0 Å². The Morgan fingerprint density at radius 2 is 1.90 bits per heavy atom. The van der Waals surface area contributed by atoms with E-state index < -0.39 is 6.03 Å². The van der Waals surface area contributed by atoms with Gasteiger partial charge in [-0.25, -0.2) is 9.89 Å². The van der Waals surface area contributed by atoms with Gasteiger partial charge in [-0.3, -0.25) is 4.79 Å². The zero-order valence-corrected chi connectivity index (χ0v) is 17.4. The molecule has 1 aromatic carbocycles. The fraction of sp³-hybridized carbons (Fsp3) is 0.263. The van der Waals surface area contributed by atoms with Crippen LogP contribution in [0.5, 0.6) is 11.6 Å². The highest BCUT2D eigenvalue weighted by Gasteiger charge is 2.30. The van der Waals surface area contributed by atoms with Crippen LogP contribution in [0.4, 0.5) is 10.5 Å². The second-order valence-corrected chi connectivity index (χ2v) is 8.12. The summed E-state index contributed by atoms with van der Waals surface area (Å²) in [6.07, 6.45) is 1.88. The average Bonchev–Trinajstić information content (AvgIpc) is 2.66. The van der Waals surface area contributed by atoms with Crippen LogP contribution in [0.15, 0.2) is 40.4 Å². The number of aromatic amines is 1. The number of benzene rings is 1. The number of carbonyl (C=O) groups is 1. The van der Waals surface area contributed by atoms with E-state index in [9.17, 15) is 9.59 Å². The molecule has 0 saturated heterocycles. The Bertz CT molecular complexity index is 1120. The van der Waals surface area contributed by atoms with Gasteiger partial charge >= 0.3 is 6.03 Å². The van der Waals surface area contributed by atoms with E-state index in [1.165, 1.54) is 12.1 Å². The molecule has 30 heavy (non-hydrogen) atoms. The van der Waals surface area contributed by atoms with Crippen molar-refractivity contribution >= 4 is 40.8 Å². The lowest BCUT2D eigenvalue weighted by Gasteiger charge is -2.32. The summed E-state index contributed by atoms with van der Waals surface area (Å²) in [5, 5.41) is 14.1. The van der Waals surface area contributed by atoms with Crippen LogP contribution in [0, 0.1) is 5.92 Å². The van der Waals surface area contributed by atoms with Gasteiger partial charge in [0.05, 0.1) is 21.4 Å². The molecule has 0 spiro atoms. The molecule has 1 saturated carbocycles. The quantitative estimate of drug-likeness (QED) is 0.656. The molecule has 1 fully saturated rings. The number of aromatic nitrogens is 2. The van der Waals surface area contributed by atoms with Crippen molar-refractivity contribution in [1.29, 1.82) is 0 Å². The molecule has 0 bridgehead atoms. The lowest BCUT2D eigenvalue weighted by atomic mass is 9.73. The van der Waals surface area contributed by atoms with Crippen LogP contribution in [-0.2, 0) is 0 Å². The predicted octanol–water partition coefficient (Wildman–Crippen LogP) is 3.70. The molecule has 9 nitrogen and oxygen atoms in total. The number of urea groups is 1. The first-order chi connectivity index (χ1) is 14.2. The number of nitrogens with zero attached hydrogens (tertiary/aromatic N) is 3. The number of ether oxygens (including phenoxy) is 1. The Hall–Kier alpha value is -3.04. The molecule has 2 heterocycles. The molecule has 11 heteroatoms. The maximum Gasteiger partial charge on any atom is 0.347 e. The van der Waals surface area contributed by atoms with Crippen molar-refractivity contribution in [1.82, 2.24) is 15.5 Å². The van der Waals surface area contributed by atoms with E-state index in [1.54, 1.807) is 6.07 Å². The van der Waals surface area contributed by atoms with Crippen LogP contribution in [0.1, 0.15) is 31.2 Å². The van der Waals surface area contributed by atoms with Crippen molar-refractivity contribution in [2.24, 2.45) is 16.8 Å². The first-order valence-corrected chi connectivity index (χ1v) is 9.89. The van der Waals surface area contributed by atoms with Crippen molar-refractivity contribution in [2.75, 3.05) is 5.01 Å². The SMILES string of the molecule is C=C1NC(=O)N(c2cc(Cl)c(Oc3cc([C@H]4C[C@@H](C)C4)c(=O)[nH]n3)c(Cl)c2)N=C1N. The smallest absolute Gasteiger partial charge is 0.347 e. The fourth-order valence-electron chi connectivity index (χ4n) is 3.42. The molecule has 2 amide bonds. The summed E-state index contributed by atoms with van der Waals surface area (Å²) in [7, 11) is 0. The molecule has 0 atom stereocenters. The minimum absolute atomic E-state index is 0.0532. The Labute approximate surface area is 181 Å². The van der Waals surface area contributed by atoms with Gasteiger partial charge in [-0.2, -0.15) is 5.01 Å². The van der Waals surface area contributed by atoms with Crippen molar-refractivity contribution in [3.8, 4) is 11.6 Å². The summed E-state index contributed by atoms with van der Waals surface area (Å²) >= 11 is 12.7. The largest absolute Gasteiger partial charge is 0.434 e. The van der Waals surface area contributed by atoms with E-state index in [0.717, 1.165) is 17.9 Å². The van der Waals surface area contributed by atoms with Gasteiger partial charge in [0.25, 0.3) is 5.56 Å². The number of hydrogen-bond donors (Lipinski definition) is 3. The van der Waals surface area contributed by atoms with Gasteiger partial charge < -0.3 is 15.8 Å². The molecule has 0 unspecified atom stereocenters. The topological polar surface area (TPSA) is 126 Å². The highest BCUT2D eigenvalue weighted by atomic mass is 35.5. The molecule has 1 aromatic heterocycles. The van der Waals surface area contributed by atoms with Gasteiger partial charge in [-0.15, -0.1) is 10.2 Å². The fourth-order valence-corrected chi connectivity index (χ4v) is 3.97. The zero-order valence-electron chi connectivity index (χ0n) is 15.9. The number of carbonyl (C=O) groups excluding carboxylic acids is 1. The molecule has 1 aliphatic carbocycles. The number of rotatable bonds is 4. The van der Waals surface area contributed by atoms with E-state index in [4.69, 9.17) is 33.7 Å². The summed E-state index contributed by atoms with van der Waals surface area (Å²) in [5.41, 5.74) is 6.59. The molecule has 4 N–H and O–H groups in total. The van der Waals surface area contributed by atoms with Gasteiger partial charge in [0, 0.05) is 11.6 Å². The molecule has 156 valence electrons. The van der Waals surface area contributed by atoms with Crippen LogP contribution in [0.3, 0.4) is 0 Å². The van der Waals surface area contributed by atoms with Crippen LogP contribution >= 0.6 is 23.2 Å². The molecule has 1 aliphatic heterocycles. The summed E-state index contributed by atoms with van der Waals surface area (Å²) in [4.78, 5) is 24.3. The molecule has 0 radical (unpaired) electrons. The van der Waals surface area contributed by atoms with Gasteiger partial charge in [0.15, 0.2) is 11.6 Å². The first-order valence-electron chi connectivity index (χ1n) is 9.14. The van der Waals surface area contributed by atoms with Crippen LogP contribution in [-0.4, -0.2) is 22.1 Å². The standard InChI is InChI=1S/C19H18Cl2N6O3/c1-8-3-10(4-8)12-7-15(24-25-18(12)28)30-16-13(20)5-11(6-14(16)21)27-19(29)23-9(2)17(22)26-27/h5-8,10H,2-4H2,1H3,(H2,22,26)(H,23,29)(H,25,28)/t8-,10+. The summed E-state index contributed by atoms with van der Waals surface area (Å²) in [6, 6.07) is 3.95. The highest BCUT2D eigenvalue weighted by Crippen LogP contribution is 2.42. The van der Waals surface area contributed by atoms with E-state index in [1.807, 2.05) is 0 Å². The Morgan fingerprint density at radius 1 is 1.23 bits per heavy atom. The number of amides is 2. The van der Waals surface area contributed by atoms with E-state index >= 15 is 0 Å². The van der Waals surface area contributed by atoms with Gasteiger partial charge in [0.2, 0.25) is 5.88 Å². The highest BCUT2D eigenvalue weighted by molar-refractivity contribution is 6.37. The second kappa shape index (κ2) is 7.66. The third kappa shape index (κ3) is 3.73. The lowest BCUT2D eigenvalue weighted by molar-refractivity contribution is 0.248. The normalized spacial score (nSPS) is 21.0. The number of nitrogens with one attached hydrogen (secondary N) is 2. The number of anilines is 1. The number of hydrogen-bond acceptors (Lipinski definition) is 6. The van der Waals surface area contributed by atoms with E-state index in [0.29, 0.717) is 11.5 Å². The number of nitrogens with two attached hydrogens (primary N) is 1. The Morgan fingerprint density at radius 3 is 2.53 bits per heavy atom. The molecule has 2 aromatic rings. The van der Waals surface area contributed by atoms with Gasteiger partial charge in [-0.05, 0) is 36.8 Å². The number of amidine groups is 1. The monoisotopic (exact) mass is 448 g/mol. The molecular formula is C19H18Cl2N6O3. The molecule has 2 aliphatic rings. The number of halogens is 2. The van der Waals surface area contributed by atoms with Crippen LogP contribution in [0.25, 0.3) is 0 Å². The van der Waals surface area contributed by atoms with E-state index in [2.05, 4.69) is 34.1 Å². The summed E-state index contributed by atoms with van der Waals surface area (Å²) in [6.45, 7) is 5.73. The lowest BCUT2D eigenvalue weighted by Crippen LogP contribution is -2.45. The maximum atomic E-state index is 12.2. The molecular weight excluding hydrogens is 431 g/mol. The predicted molar refractivity (Wildman–Crippen MR) is 114 cm³/mol. The maximum absolute atomic E-state index is 12.2. The second-order valence-electron chi connectivity index (χ2n) is 7.31. The average molecular weight is 449 g/mol. The molecule has 4 rings (SSSR count). The Kier molecular flexibility index (Phi) is 5.17. The van der Waals surface area contributed by atoms with Crippen LogP contribution < -0.4 is 26.4 Å². The summed E-state index contributed by atoms with van der Waals surface area (Å²) < 4.78 is 5.75.